The summed E-state index contributed by atoms with van der Waals surface area (Å²) in [6.45, 7) is 5.95. The summed E-state index contributed by atoms with van der Waals surface area (Å²) in [7, 11) is -3.20. The Kier molecular flexibility index (Phi) is 5.47. The van der Waals surface area contributed by atoms with Crippen molar-refractivity contribution in [1.29, 1.82) is 0 Å². The van der Waals surface area contributed by atoms with Gasteiger partial charge in [0.25, 0.3) is 5.91 Å². The van der Waals surface area contributed by atoms with E-state index < -0.39 is 21.8 Å². The summed E-state index contributed by atoms with van der Waals surface area (Å²) in [5, 5.41) is 0.433. The highest BCUT2D eigenvalue weighted by atomic mass is 32.2. The molecule has 0 radical (unpaired) electrons. The summed E-state index contributed by atoms with van der Waals surface area (Å²) in [5.41, 5.74) is 3.79. The fourth-order valence-corrected chi connectivity index (χ4v) is 5.86. The Hall–Kier alpha value is -2.93. The number of carbonyl (C=O) groups is 1. The molecule has 4 rings (SSSR count). The molecular weight excluding hydrogens is 414 g/mol. The lowest BCUT2D eigenvalue weighted by Gasteiger charge is -2.28. The topological polar surface area (TPSA) is 84.7 Å². The molecule has 2 aromatic carbocycles. The Morgan fingerprint density at radius 1 is 1.06 bits per heavy atom. The molecule has 1 aromatic heterocycles. The molecule has 0 saturated carbocycles. The third-order valence-electron chi connectivity index (χ3n) is 5.75. The number of hydrogen-bond acceptors (Lipinski definition) is 5. The lowest BCUT2D eigenvalue weighted by atomic mass is 10.1. The van der Waals surface area contributed by atoms with Gasteiger partial charge in [-0.2, -0.15) is 0 Å². The third-order valence-corrected chi connectivity index (χ3v) is 7.50. The van der Waals surface area contributed by atoms with Crippen molar-refractivity contribution < 1.29 is 17.6 Å². The molecule has 31 heavy (non-hydrogen) atoms. The van der Waals surface area contributed by atoms with Gasteiger partial charge in [0.1, 0.15) is 5.58 Å². The van der Waals surface area contributed by atoms with Crippen LogP contribution in [0, 0.1) is 20.8 Å². The molecule has 1 amide bonds. The molecule has 162 valence electrons. The first kappa shape index (κ1) is 21.3. The predicted octanol–water partition coefficient (Wildman–Crippen LogP) is 3.55. The van der Waals surface area contributed by atoms with Crippen LogP contribution in [0.4, 0.5) is 0 Å². The average Bonchev–Trinajstić information content (AvgIpc) is 3.07. The maximum atomic E-state index is 13.5. The molecular formula is C24H25NO5S. The van der Waals surface area contributed by atoms with Crippen molar-refractivity contribution in [2.45, 2.75) is 39.8 Å². The van der Waals surface area contributed by atoms with Gasteiger partial charge in [-0.25, -0.2) is 8.42 Å². The number of nitrogens with zero attached hydrogens (tertiary/aromatic N) is 1. The maximum Gasteiger partial charge on any atom is 0.290 e. The van der Waals surface area contributed by atoms with Gasteiger partial charge in [0.05, 0.1) is 16.9 Å². The van der Waals surface area contributed by atoms with Crippen molar-refractivity contribution >= 4 is 26.7 Å². The van der Waals surface area contributed by atoms with E-state index in [-0.39, 0.29) is 29.2 Å². The van der Waals surface area contributed by atoms with Gasteiger partial charge in [0, 0.05) is 18.7 Å². The molecule has 1 aliphatic rings. The van der Waals surface area contributed by atoms with Gasteiger partial charge < -0.3 is 9.32 Å². The summed E-state index contributed by atoms with van der Waals surface area (Å²) < 4.78 is 30.1. The SMILES string of the molecule is Cc1ccc(CN(C(=O)c2cc(=O)c3cc(C)cc(C)c3o2)[C@@H]2CCS(=O)(=O)C2)cc1. The minimum Gasteiger partial charge on any atom is -0.450 e. The van der Waals surface area contributed by atoms with Crippen molar-refractivity contribution in [2.24, 2.45) is 0 Å². The summed E-state index contributed by atoms with van der Waals surface area (Å²) >= 11 is 0. The fourth-order valence-electron chi connectivity index (χ4n) is 4.13. The average molecular weight is 440 g/mol. The molecule has 0 N–H and O–H groups in total. The van der Waals surface area contributed by atoms with Crippen LogP contribution in [-0.4, -0.2) is 36.8 Å². The van der Waals surface area contributed by atoms with Crippen molar-refractivity contribution in [3.8, 4) is 0 Å². The smallest absolute Gasteiger partial charge is 0.290 e. The minimum atomic E-state index is -3.20. The second-order valence-corrected chi connectivity index (χ2v) is 10.6. The zero-order chi connectivity index (χ0) is 22.3. The highest BCUT2D eigenvalue weighted by Gasteiger charge is 2.36. The van der Waals surface area contributed by atoms with Crippen LogP contribution in [0.3, 0.4) is 0 Å². The first-order valence-electron chi connectivity index (χ1n) is 10.2. The van der Waals surface area contributed by atoms with Crippen molar-refractivity contribution in [2.75, 3.05) is 11.5 Å². The van der Waals surface area contributed by atoms with Crippen molar-refractivity contribution in [1.82, 2.24) is 4.90 Å². The van der Waals surface area contributed by atoms with Gasteiger partial charge in [0.15, 0.2) is 21.0 Å². The van der Waals surface area contributed by atoms with Crippen LogP contribution in [0.25, 0.3) is 11.0 Å². The molecule has 6 nitrogen and oxygen atoms in total. The van der Waals surface area contributed by atoms with Crippen LogP contribution in [0.1, 0.15) is 39.2 Å². The third kappa shape index (κ3) is 4.42. The van der Waals surface area contributed by atoms with Crippen molar-refractivity contribution in [3.05, 3.63) is 80.7 Å². The minimum absolute atomic E-state index is 0.0510. The largest absolute Gasteiger partial charge is 0.450 e. The van der Waals surface area contributed by atoms with Crippen LogP contribution >= 0.6 is 0 Å². The molecule has 7 heteroatoms. The van der Waals surface area contributed by atoms with E-state index in [0.29, 0.717) is 17.4 Å². The van der Waals surface area contributed by atoms with Gasteiger partial charge in [-0.1, -0.05) is 35.9 Å². The van der Waals surface area contributed by atoms with Crippen molar-refractivity contribution in [3.63, 3.8) is 0 Å². The van der Waals surface area contributed by atoms with Gasteiger partial charge in [-0.15, -0.1) is 0 Å². The monoisotopic (exact) mass is 439 g/mol. The number of sulfone groups is 1. The number of hydrogen-bond donors (Lipinski definition) is 0. The predicted molar refractivity (Wildman–Crippen MR) is 120 cm³/mol. The number of amides is 1. The van der Waals surface area contributed by atoms with Gasteiger partial charge in [-0.05, 0) is 49.9 Å². The molecule has 0 bridgehead atoms. The summed E-state index contributed by atoms with van der Waals surface area (Å²) in [6, 6.07) is 12.1. The van der Waals surface area contributed by atoms with E-state index in [9.17, 15) is 18.0 Å². The van der Waals surface area contributed by atoms with Crippen LogP contribution in [0.5, 0.6) is 0 Å². The molecule has 3 aromatic rings. The number of aryl methyl sites for hydroxylation is 3. The Bertz CT molecular complexity index is 1320. The van der Waals surface area contributed by atoms with Crippen LogP contribution in [-0.2, 0) is 16.4 Å². The van der Waals surface area contributed by atoms with Crippen LogP contribution < -0.4 is 5.43 Å². The van der Waals surface area contributed by atoms with Gasteiger partial charge in [0.2, 0.25) is 0 Å². The molecule has 1 fully saturated rings. The van der Waals surface area contributed by atoms with Gasteiger partial charge >= 0.3 is 0 Å². The normalized spacial score (nSPS) is 17.7. The van der Waals surface area contributed by atoms with E-state index in [4.69, 9.17) is 4.42 Å². The molecule has 0 aliphatic carbocycles. The summed E-state index contributed by atoms with van der Waals surface area (Å²) in [5.74, 6) is -0.571. The lowest BCUT2D eigenvalue weighted by Crippen LogP contribution is -2.41. The molecule has 0 unspecified atom stereocenters. The van der Waals surface area contributed by atoms with Crippen LogP contribution in [0.2, 0.25) is 0 Å². The fraction of sp³-hybridized carbons (Fsp3) is 0.333. The zero-order valence-corrected chi connectivity index (χ0v) is 18.7. The highest BCUT2D eigenvalue weighted by molar-refractivity contribution is 7.91. The highest BCUT2D eigenvalue weighted by Crippen LogP contribution is 2.25. The zero-order valence-electron chi connectivity index (χ0n) is 17.8. The Balaban J connectivity index is 1.76. The summed E-state index contributed by atoms with van der Waals surface area (Å²) in [6.07, 6.45) is 0.371. The van der Waals surface area contributed by atoms with E-state index >= 15 is 0 Å². The second-order valence-electron chi connectivity index (χ2n) is 8.41. The van der Waals surface area contributed by atoms with E-state index in [1.165, 1.54) is 11.0 Å². The van der Waals surface area contributed by atoms with E-state index in [1.54, 1.807) is 6.07 Å². The maximum absolute atomic E-state index is 13.5. The quantitative estimate of drug-likeness (QED) is 0.621. The number of fused-ring (bicyclic) bond motifs is 1. The Labute approximate surface area is 181 Å². The standard InChI is InChI=1S/C24H25NO5S/c1-15-4-6-18(7-5-15)13-25(19-8-9-31(28,29)14-19)24(27)22-12-21(26)20-11-16(2)10-17(3)23(20)30-22/h4-7,10-12,19H,8-9,13-14H2,1-3H3/t19-/m1/s1. The Morgan fingerprint density at radius 3 is 2.42 bits per heavy atom. The molecule has 1 atom stereocenters. The lowest BCUT2D eigenvalue weighted by molar-refractivity contribution is 0.0648. The summed E-state index contributed by atoms with van der Waals surface area (Å²) in [4.78, 5) is 27.7. The van der Waals surface area contributed by atoms with Gasteiger partial charge in [-0.3, -0.25) is 9.59 Å². The van der Waals surface area contributed by atoms with Crippen LogP contribution in [0.15, 0.2) is 51.7 Å². The second kappa shape index (κ2) is 7.96. The first-order chi connectivity index (χ1) is 14.6. The molecule has 1 saturated heterocycles. The molecule has 1 aliphatic heterocycles. The number of rotatable bonds is 4. The van der Waals surface area contributed by atoms with E-state index in [1.807, 2.05) is 51.1 Å². The first-order valence-corrected chi connectivity index (χ1v) is 12.1. The molecule has 2 heterocycles. The van der Waals surface area contributed by atoms with E-state index in [2.05, 4.69) is 0 Å². The Morgan fingerprint density at radius 2 is 1.77 bits per heavy atom. The van der Waals surface area contributed by atoms with E-state index in [0.717, 1.165) is 22.3 Å². The number of carbonyl (C=O) groups excluding carboxylic acids is 1. The number of benzene rings is 2. The molecule has 0 spiro atoms.